The summed E-state index contributed by atoms with van der Waals surface area (Å²) in [6.45, 7) is 4.50. The fourth-order valence-electron chi connectivity index (χ4n) is 1.94. The van der Waals surface area contributed by atoms with Crippen molar-refractivity contribution in [1.82, 2.24) is 4.72 Å². The first-order chi connectivity index (χ1) is 10.0. The van der Waals surface area contributed by atoms with Gasteiger partial charge in [0.15, 0.2) is 0 Å². The number of sulfonamides is 1. The molecule has 4 nitrogen and oxygen atoms in total. The van der Waals surface area contributed by atoms with Gasteiger partial charge in [0.2, 0.25) is 10.0 Å². The fraction of sp³-hybridized carbons (Fsp3) is 0.333. The molecule has 0 aliphatic rings. The molecule has 0 spiro atoms. The molecule has 0 fully saturated rings. The summed E-state index contributed by atoms with van der Waals surface area (Å²) < 4.78 is 32.9. The molecular formula is C15H19NO3S2. The molecule has 6 heteroatoms. The lowest BCUT2D eigenvalue weighted by Crippen LogP contribution is -2.26. The Balaban J connectivity index is 2.12. The van der Waals surface area contributed by atoms with Gasteiger partial charge in [-0.15, -0.1) is 0 Å². The van der Waals surface area contributed by atoms with E-state index in [1.54, 1.807) is 23.5 Å². The van der Waals surface area contributed by atoms with Crippen LogP contribution >= 0.6 is 11.3 Å². The Labute approximate surface area is 129 Å². The molecule has 2 aromatic rings. The zero-order valence-corrected chi connectivity index (χ0v) is 13.8. The second-order valence-electron chi connectivity index (χ2n) is 4.66. The number of benzene rings is 1. The van der Waals surface area contributed by atoms with Crippen LogP contribution in [0.2, 0.25) is 0 Å². The van der Waals surface area contributed by atoms with Gasteiger partial charge in [-0.05, 0) is 60.4 Å². The standard InChI is InChI=1S/C15H19NO3S2/c1-3-19-14-5-4-12(2)10-15(14)21(17,18)16-8-6-13-7-9-20-11-13/h4-5,7,9-11,16H,3,6,8H2,1-2H3. The van der Waals surface area contributed by atoms with Crippen molar-refractivity contribution in [2.75, 3.05) is 13.2 Å². The molecule has 0 aliphatic heterocycles. The first kappa shape index (κ1) is 16.0. The Morgan fingerprint density at radius 2 is 2.10 bits per heavy atom. The number of rotatable bonds is 7. The Kier molecular flexibility index (Phi) is 5.39. The molecule has 0 bridgehead atoms. The van der Waals surface area contributed by atoms with Gasteiger partial charge in [0, 0.05) is 6.54 Å². The van der Waals surface area contributed by atoms with E-state index in [2.05, 4.69) is 4.72 Å². The third kappa shape index (κ3) is 4.30. The Bertz CT molecular complexity index is 679. The smallest absolute Gasteiger partial charge is 0.244 e. The largest absolute Gasteiger partial charge is 0.492 e. The van der Waals surface area contributed by atoms with Gasteiger partial charge in [0.05, 0.1) is 6.61 Å². The lowest BCUT2D eigenvalue weighted by atomic mass is 10.2. The van der Waals surface area contributed by atoms with Gasteiger partial charge in [0.1, 0.15) is 10.6 Å². The molecule has 0 atom stereocenters. The Morgan fingerprint density at radius 3 is 2.76 bits per heavy atom. The number of ether oxygens (including phenoxy) is 1. The second kappa shape index (κ2) is 7.06. The van der Waals surface area contributed by atoms with Gasteiger partial charge in [0.25, 0.3) is 0 Å². The summed E-state index contributed by atoms with van der Waals surface area (Å²) >= 11 is 1.61. The molecule has 1 aromatic carbocycles. The minimum Gasteiger partial charge on any atom is -0.492 e. The topological polar surface area (TPSA) is 55.4 Å². The zero-order valence-electron chi connectivity index (χ0n) is 12.1. The van der Waals surface area contributed by atoms with Gasteiger partial charge in [-0.1, -0.05) is 6.07 Å². The highest BCUT2D eigenvalue weighted by Crippen LogP contribution is 2.25. The maximum Gasteiger partial charge on any atom is 0.244 e. The number of hydrogen-bond donors (Lipinski definition) is 1. The summed E-state index contributed by atoms with van der Waals surface area (Å²) in [6, 6.07) is 7.18. The summed E-state index contributed by atoms with van der Waals surface area (Å²) in [5, 5.41) is 4.00. The summed E-state index contributed by atoms with van der Waals surface area (Å²) in [7, 11) is -3.56. The highest BCUT2D eigenvalue weighted by atomic mass is 32.2. The zero-order chi connectivity index (χ0) is 15.3. The van der Waals surface area contributed by atoms with E-state index in [1.165, 1.54) is 0 Å². The Morgan fingerprint density at radius 1 is 1.29 bits per heavy atom. The summed E-state index contributed by atoms with van der Waals surface area (Å²) in [6.07, 6.45) is 0.679. The summed E-state index contributed by atoms with van der Waals surface area (Å²) in [4.78, 5) is 0.203. The number of nitrogens with one attached hydrogen (secondary N) is 1. The van der Waals surface area contributed by atoms with Crippen molar-refractivity contribution < 1.29 is 13.2 Å². The molecule has 0 aliphatic carbocycles. The van der Waals surface area contributed by atoms with Crippen LogP contribution in [0.5, 0.6) is 5.75 Å². The average Bonchev–Trinajstić information content (AvgIpc) is 2.94. The van der Waals surface area contributed by atoms with Crippen LogP contribution in [0.25, 0.3) is 0 Å². The molecule has 1 aromatic heterocycles. The summed E-state index contributed by atoms with van der Waals surface area (Å²) in [5.74, 6) is 0.395. The molecule has 0 radical (unpaired) electrons. The van der Waals surface area contributed by atoms with Gasteiger partial charge in [-0.2, -0.15) is 11.3 Å². The molecule has 21 heavy (non-hydrogen) atoms. The van der Waals surface area contributed by atoms with Crippen LogP contribution in [-0.4, -0.2) is 21.6 Å². The molecule has 2 rings (SSSR count). The molecule has 1 N–H and O–H groups in total. The van der Waals surface area contributed by atoms with Crippen LogP contribution in [0.4, 0.5) is 0 Å². The van der Waals surface area contributed by atoms with Crippen molar-refractivity contribution in [2.45, 2.75) is 25.2 Å². The van der Waals surface area contributed by atoms with E-state index in [0.29, 0.717) is 25.3 Å². The predicted molar refractivity (Wildman–Crippen MR) is 85.6 cm³/mol. The van der Waals surface area contributed by atoms with Crippen LogP contribution < -0.4 is 9.46 Å². The van der Waals surface area contributed by atoms with E-state index < -0.39 is 10.0 Å². The van der Waals surface area contributed by atoms with Crippen LogP contribution in [0, 0.1) is 6.92 Å². The van der Waals surface area contributed by atoms with Crippen molar-refractivity contribution in [3.8, 4) is 5.75 Å². The highest BCUT2D eigenvalue weighted by molar-refractivity contribution is 7.89. The minimum atomic E-state index is -3.56. The van der Waals surface area contributed by atoms with Crippen LogP contribution in [-0.2, 0) is 16.4 Å². The molecule has 0 amide bonds. The normalized spacial score (nSPS) is 11.5. The lowest BCUT2D eigenvalue weighted by molar-refractivity contribution is 0.331. The minimum absolute atomic E-state index is 0.203. The van der Waals surface area contributed by atoms with E-state index in [9.17, 15) is 8.42 Å². The maximum absolute atomic E-state index is 12.4. The van der Waals surface area contributed by atoms with Crippen molar-refractivity contribution >= 4 is 21.4 Å². The van der Waals surface area contributed by atoms with Gasteiger partial charge in [-0.25, -0.2) is 13.1 Å². The first-order valence-electron chi connectivity index (χ1n) is 6.77. The predicted octanol–water partition coefficient (Wildman–Crippen LogP) is 2.98. The molecule has 1 heterocycles. The van der Waals surface area contributed by atoms with Crippen molar-refractivity contribution in [3.05, 3.63) is 46.2 Å². The van der Waals surface area contributed by atoms with Gasteiger partial charge >= 0.3 is 0 Å². The molecule has 0 saturated heterocycles. The highest BCUT2D eigenvalue weighted by Gasteiger charge is 2.19. The van der Waals surface area contributed by atoms with E-state index in [4.69, 9.17) is 4.74 Å². The molecule has 114 valence electrons. The number of thiophene rings is 1. The SMILES string of the molecule is CCOc1ccc(C)cc1S(=O)(=O)NCCc1ccsc1. The maximum atomic E-state index is 12.4. The molecular weight excluding hydrogens is 306 g/mol. The molecule has 0 saturated carbocycles. The molecule has 0 unspecified atom stereocenters. The third-order valence-electron chi connectivity index (χ3n) is 2.97. The van der Waals surface area contributed by atoms with E-state index >= 15 is 0 Å². The van der Waals surface area contributed by atoms with E-state index in [-0.39, 0.29) is 4.90 Å². The van der Waals surface area contributed by atoms with E-state index in [0.717, 1.165) is 11.1 Å². The van der Waals surface area contributed by atoms with E-state index in [1.807, 2.05) is 36.7 Å². The summed E-state index contributed by atoms with van der Waals surface area (Å²) in [5.41, 5.74) is 2.02. The Hall–Kier alpha value is -1.37. The van der Waals surface area contributed by atoms with Crippen LogP contribution in [0.1, 0.15) is 18.1 Å². The first-order valence-corrected chi connectivity index (χ1v) is 9.19. The number of hydrogen-bond acceptors (Lipinski definition) is 4. The third-order valence-corrected chi connectivity index (χ3v) is 5.19. The van der Waals surface area contributed by atoms with Crippen molar-refractivity contribution in [2.24, 2.45) is 0 Å². The second-order valence-corrected chi connectivity index (χ2v) is 7.18. The monoisotopic (exact) mass is 325 g/mol. The van der Waals surface area contributed by atoms with Gasteiger partial charge < -0.3 is 4.74 Å². The van der Waals surface area contributed by atoms with Crippen molar-refractivity contribution in [3.63, 3.8) is 0 Å². The van der Waals surface area contributed by atoms with Gasteiger partial charge in [-0.3, -0.25) is 0 Å². The van der Waals surface area contributed by atoms with Crippen LogP contribution in [0.15, 0.2) is 39.9 Å². The van der Waals surface area contributed by atoms with Crippen LogP contribution in [0.3, 0.4) is 0 Å². The number of aryl methyl sites for hydroxylation is 1. The van der Waals surface area contributed by atoms with Crippen molar-refractivity contribution in [1.29, 1.82) is 0 Å². The average molecular weight is 325 g/mol. The lowest BCUT2D eigenvalue weighted by Gasteiger charge is -2.12. The quantitative estimate of drug-likeness (QED) is 0.851. The fourth-order valence-corrected chi connectivity index (χ4v) is 3.90.